The molecule has 0 saturated carbocycles. The summed E-state index contributed by atoms with van der Waals surface area (Å²) in [5.74, 6) is 0.595. The second kappa shape index (κ2) is 6.32. The van der Waals surface area contributed by atoms with E-state index in [4.69, 9.17) is 4.42 Å². The van der Waals surface area contributed by atoms with Gasteiger partial charge < -0.3 is 9.73 Å². The molecule has 4 heteroatoms. The lowest BCUT2D eigenvalue weighted by Crippen LogP contribution is -2.13. The molecular weight excluding hydrogens is 300 g/mol. The molecule has 0 aliphatic heterocycles. The van der Waals surface area contributed by atoms with E-state index in [0.717, 1.165) is 24.1 Å². The highest BCUT2D eigenvalue weighted by atomic mass is 16.3. The summed E-state index contributed by atoms with van der Waals surface area (Å²) in [7, 11) is 0. The smallest absolute Gasteiger partial charge is 0.255 e. The van der Waals surface area contributed by atoms with Crippen molar-refractivity contribution in [1.29, 1.82) is 0 Å². The van der Waals surface area contributed by atoms with Gasteiger partial charge in [0.25, 0.3) is 5.91 Å². The molecule has 4 rings (SSSR count). The average Bonchev–Trinajstić information content (AvgIpc) is 3.16. The summed E-state index contributed by atoms with van der Waals surface area (Å²) in [4.78, 5) is 16.5. The number of benzene rings is 2. The molecule has 1 aliphatic rings. The van der Waals surface area contributed by atoms with E-state index in [-0.39, 0.29) is 5.91 Å². The molecule has 120 valence electrons. The van der Waals surface area contributed by atoms with Crippen LogP contribution in [0.4, 0.5) is 5.69 Å². The van der Waals surface area contributed by atoms with Gasteiger partial charge in [-0.3, -0.25) is 4.79 Å². The zero-order valence-electron chi connectivity index (χ0n) is 13.3. The third-order valence-corrected chi connectivity index (χ3v) is 4.45. The standard InChI is InChI=1S/C20H18N2O2/c23-20(17-9-8-14-4-1-2-5-15(14)10-17)22-18-7-3-6-16(11-18)19-12-21-13-24-19/h3,6-13H,1-2,4-5H2,(H,22,23). The molecule has 1 heterocycles. The molecule has 3 aromatic rings. The number of rotatable bonds is 3. The fourth-order valence-corrected chi connectivity index (χ4v) is 3.19. The molecule has 1 N–H and O–H groups in total. The van der Waals surface area contributed by atoms with Crippen molar-refractivity contribution in [3.05, 3.63) is 71.7 Å². The van der Waals surface area contributed by atoms with E-state index < -0.39 is 0 Å². The molecule has 0 radical (unpaired) electrons. The summed E-state index contributed by atoms with van der Waals surface area (Å²) >= 11 is 0. The van der Waals surface area contributed by atoms with Gasteiger partial charge in [0, 0.05) is 16.8 Å². The fourth-order valence-electron chi connectivity index (χ4n) is 3.19. The van der Waals surface area contributed by atoms with Gasteiger partial charge in [-0.25, -0.2) is 4.98 Å². The Kier molecular flexibility index (Phi) is 3.87. The van der Waals surface area contributed by atoms with Gasteiger partial charge in [-0.1, -0.05) is 18.2 Å². The minimum Gasteiger partial charge on any atom is -0.444 e. The summed E-state index contributed by atoms with van der Waals surface area (Å²) in [6.07, 6.45) is 7.69. The van der Waals surface area contributed by atoms with Crippen molar-refractivity contribution < 1.29 is 9.21 Å². The Morgan fingerprint density at radius 3 is 2.75 bits per heavy atom. The number of carbonyl (C=O) groups is 1. The van der Waals surface area contributed by atoms with Crippen molar-refractivity contribution >= 4 is 11.6 Å². The number of aryl methyl sites for hydroxylation is 2. The summed E-state index contributed by atoms with van der Waals surface area (Å²) in [6.45, 7) is 0. The highest BCUT2D eigenvalue weighted by Crippen LogP contribution is 2.24. The van der Waals surface area contributed by atoms with Gasteiger partial charge >= 0.3 is 0 Å². The highest BCUT2D eigenvalue weighted by molar-refractivity contribution is 6.04. The first-order valence-electron chi connectivity index (χ1n) is 8.22. The summed E-state index contributed by atoms with van der Waals surface area (Å²) in [5.41, 5.74) is 5.03. The zero-order chi connectivity index (χ0) is 16.4. The molecule has 0 spiro atoms. The number of hydrogen-bond donors (Lipinski definition) is 1. The van der Waals surface area contributed by atoms with Gasteiger partial charge in [0.15, 0.2) is 12.2 Å². The minimum absolute atomic E-state index is 0.0851. The van der Waals surface area contributed by atoms with Crippen LogP contribution in [0, 0.1) is 0 Å². The van der Waals surface area contributed by atoms with Crippen LogP contribution in [-0.4, -0.2) is 10.9 Å². The fraction of sp³-hybridized carbons (Fsp3) is 0.200. The summed E-state index contributed by atoms with van der Waals surface area (Å²) in [6, 6.07) is 13.6. The first kappa shape index (κ1) is 14.7. The van der Waals surface area contributed by atoms with Gasteiger partial charge in [0.2, 0.25) is 0 Å². The molecular formula is C20H18N2O2. The Balaban J connectivity index is 1.55. The van der Waals surface area contributed by atoms with Crippen LogP contribution in [0.5, 0.6) is 0 Å². The predicted octanol–water partition coefficient (Wildman–Crippen LogP) is 4.47. The molecule has 1 aliphatic carbocycles. The monoisotopic (exact) mass is 318 g/mol. The Morgan fingerprint density at radius 2 is 1.92 bits per heavy atom. The van der Waals surface area contributed by atoms with Crippen LogP contribution in [0.2, 0.25) is 0 Å². The van der Waals surface area contributed by atoms with Gasteiger partial charge in [-0.05, 0) is 61.1 Å². The van der Waals surface area contributed by atoms with Crippen LogP contribution in [0.3, 0.4) is 0 Å². The van der Waals surface area contributed by atoms with Gasteiger partial charge in [0.05, 0.1) is 6.20 Å². The normalized spacial score (nSPS) is 13.3. The first-order chi connectivity index (χ1) is 11.8. The highest BCUT2D eigenvalue weighted by Gasteiger charge is 2.13. The lowest BCUT2D eigenvalue weighted by molar-refractivity contribution is 0.102. The van der Waals surface area contributed by atoms with Crippen molar-refractivity contribution in [3.8, 4) is 11.3 Å². The van der Waals surface area contributed by atoms with Crippen LogP contribution >= 0.6 is 0 Å². The Hall–Kier alpha value is -2.88. The molecule has 4 nitrogen and oxygen atoms in total. The summed E-state index contributed by atoms with van der Waals surface area (Å²) in [5, 5.41) is 2.97. The van der Waals surface area contributed by atoms with Crippen molar-refractivity contribution in [2.75, 3.05) is 5.32 Å². The van der Waals surface area contributed by atoms with Crippen LogP contribution in [0.25, 0.3) is 11.3 Å². The molecule has 0 atom stereocenters. The predicted molar refractivity (Wildman–Crippen MR) is 93.0 cm³/mol. The van der Waals surface area contributed by atoms with Crippen molar-refractivity contribution in [3.63, 3.8) is 0 Å². The largest absolute Gasteiger partial charge is 0.444 e. The molecule has 1 aromatic heterocycles. The second-order valence-corrected chi connectivity index (χ2v) is 6.09. The van der Waals surface area contributed by atoms with Crippen molar-refractivity contribution in [2.24, 2.45) is 0 Å². The van der Waals surface area contributed by atoms with Crippen molar-refractivity contribution in [2.45, 2.75) is 25.7 Å². The maximum atomic E-state index is 12.6. The zero-order valence-corrected chi connectivity index (χ0v) is 13.3. The Labute approximate surface area is 140 Å². The number of amides is 1. The topological polar surface area (TPSA) is 55.1 Å². The third-order valence-electron chi connectivity index (χ3n) is 4.45. The second-order valence-electron chi connectivity index (χ2n) is 6.09. The number of nitrogens with zero attached hydrogens (tertiary/aromatic N) is 1. The SMILES string of the molecule is O=C(Nc1cccc(-c2cnco2)c1)c1ccc2c(c1)CCCC2. The summed E-state index contributed by atoms with van der Waals surface area (Å²) < 4.78 is 5.30. The third kappa shape index (κ3) is 2.95. The molecule has 0 saturated heterocycles. The van der Waals surface area contributed by atoms with Crippen LogP contribution in [0.15, 0.2) is 59.5 Å². The number of hydrogen-bond acceptors (Lipinski definition) is 3. The van der Waals surface area contributed by atoms with E-state index >= 15 is 0 Å². The van der Waals surface area contributed by atoms with Crippen LogP contribution < -0.4 is 5.32 Å². The van der Waals surface area contributed by atoms with Gasteiger partial charge in [-0.15, -0.1) is 0 Å². The number of aromatic nitrogens is 1. The van der Waals surface area contributed by atoms with E-state index in [1.54, 1.807) is 6.20 Å². The molecule has 1 amide bonds. The van der Waals surface area contributed by atoms with Gasteiger partial charge in [-0.2, -0.15) is 0 Å². The average molecular weight is 318 g/mol. The van der Waals surface area contributed by atoms with E-state index in [9.17, 15) is 4.79 Å². The van der Waals surface area contributed by atoms with E-state index in [1.165, 1.54) is 30.4 Å². The quantitative estimate of drug-likeness (QED) is 0.775. The Morgan fingerprint density at radius 1 is 1.04 bits per heavy atom. The maximum Gasteiger partial charge on any atom is 0.255 e. The number of anilines is 1. The molecule has 0 fully saturated rings. The first-order valence-corrected chi connectivity index (χ1v) is 8.22. The molecule has 0 bridgehead atoms. The van der Waals surface area contributed by atoms with E-state index in [2.05, 4.69) is 16.4 Å². The number of nitrogens with one attached hydrogen (secondary N) is 1. The minimum atomic E-state index is -0.0851. The molecule has 24 heavy (non-hydrogen) atoms. The van der Waals surface area contributed by atoms with E-state index in [1.807, 2.05) is 36.4 Å². The molecule has 0 unspecified atom stereocenters. The maximum absolute atomic E-state index is 12.6. The van der Waals surface area contributed by atoms with E-state index in [0.29, 0.717) is 11.3 Å². The van der Waals surface area contributed by atoms with Crippen LogP contribution in [-0.2, 0) is 12.8 Å². The number of carbonyl (C=O) groups excluding carboxylic acids is 1. The molecule has 2 aromatic carbocycles. The van der Waals surface area contributed by atoms with Crippen LogP contribution in [0.1, 0.15) is 34.3 Å². The number of fused-ring (bicyclic) bond motifs is 1. The lowest BCUT2D eigenvalue weighted by Gasteiger charge is -2.16. The van der Waals surface area contributed by atoms with Gasteiger partial charge in [0.1, 0.15) is 0 Å². The Bertz CT molecular complexity index is 869. The lowest BCUT2D eigenvalue weighted by atomic mass is 9.90. The number of oxazole rings is 1. The van der Waals surface area contributed by atoms with Crippen molar-refractivity contribution in [1.82, 2.24) is 4.98 Å².